The number of ketones is 1. The first-order chi connectivity index (χ1) is 9.54. The highest BCUT2D eigenvalue weighted by Crippen LogP contribution is 2.32. The van der Waals surface area contributed by atoms with E-state index in [0.717, 1.165) is 18.5 Å². The Morgan fingerprint density at radius 3 is 2.75 bits per heavy atom. The van der Waals surface area contributed by atoms with Crippen LogP contribution < -0.4 is 0 Å². The lowest BCUT2D eigenvalue weighted by Gasteiger charge is -2.04. The summed E-state index contributed by atoms with van der Waals surface area (Å²) in [6, 6.07) is 9.51. The maximum absolute atomic E-state index is 12.4. The summed E-state index contributed by atoms with van der Waals surface area (Å²) >= 11 is 14.3. The average Bonchev–Trinajstić information content (AvgIpc) is 2.93. The SMILES string of the molecule is O=C(Cn1ccc2ccc(Cl)cc21)c1cc(Br)sc1Br. The Bertz CT molecular complexity index is 809. The molecule has 0 fully saturated rings. The average molecular weight is 434 g/mol. The van der Waals surface area contributed by atoms with Gasteiger partial charge in [-0.2, -0.15) is 0 Å². The smallest absolute Gasteiger partial charge is 0.184 e. The van der Waals surface area contributed by atoms with Crippen molar-refractivity contribution >= 4 is 71.5 Å². The second-order valence-corrected chi connectivity index (χ2v) is 8.49. The van der Waals surface area contributed by atoms with Crippen LogP contribution in [-0.4, -0.2) is 10.4 Å². The van der Waals surface area contributed by atoms with Crippen LogP contribution in [-0.2, 0) is 6.54 Å². The zero-order chi connectivity index (χ0) is 14.3. The number of carbonyl (C=O) groups excluding carboxylic acids is 1. The van der Waals surface area contributed by atoms with Crippen molar-refractivity contribution in [2.75, 3.05) is 0 Å². The van der Waals surface area contributed by atoms with E-state index in [4.69, 9.17) is 11.6 Å². The summed E-state index contributed by atoms with van der Waals surface area (Å²) in [4.78, 5) is 12.4. The predicted octanol–water partition coefficient (Wildman–Crippen LogP) is 5.76. The van der Waals surface area contributed by atoms with E-state index in [1.807, 2.05) is 41.1 Å². The Hall–Kier alpha value is -0.620. The summed E-state index contributed by atoms with van der Waals surface area (Å²) in [7, 11) is 0. The zero-order valence-electron chi connectivity index (χ0n) is 10.1. The molecular weight excluding hydrogens is 425 g/mol. The minimum atomic E-state index is 0.0660. The first-order valence-corrected chi connectivity index (χ1v) is 8.55. The van der Waals surface area contributed by atoms with E-state index in [0.29, 0.717) is 17.1 Å². The minimum Gasteiger partial charge on any atom is -0.340 e. The first-order valence-electron chi connectivity index (χ1n) is 5.77. The van der Waals surface area contributed by atoms with E-state index in [1.165, 1.54) is 11.3 Å². The summed E-state index contributed by atoms with van der Waals surface area (Å²) in [6.45, 7) is 0.297. The van der Waals surface area contributed by atoms with Gasteiger partial charge in [-0.15, -0.1) is 11.3 Å². The number of carbonyl (C=O) groups is 1. The van der Waals surface area contributed by atoms with E-state index < -0.39 is 0 Å². The maximum Gasteiger partial charge on any atom is 0.184 e. The number of aromatic nitrogens is 1. The number of hydrogen-bond donors (Lipinski definition) is 0. The molecule has 2 heterocycles. The molecule has 0 radical (unpaired) electrons. The number of Topliss-reactive ketones (excluding diaryl/α,β-unsaturated/α-hetero) is 1. The Morgan fingerprint density at radius 1 is 1.25 bits per heavy atom. The number of benzene rings is 1. The van der Waals surface area contributed by atoms with Crippen LogP contribution in [0.15, 0.2) is 44.1 Å². The normalized spacial score (nSPS) is 11.2. The van der Waals surface area contributed by atoms with Crippen molar-refractivity contribution in [2.45, 2.75) is 6.54 Å². The predicted molar refractivity (Wildman–Crippen MR) is 91.0 cm³/mol. The number of fused-ring (bicyclic) bond motifs is 1. The standard InChI is InChI=1S/C14H8Br2ClNOS/c15-13-6-10(14(16)20-13)12(19)7-18-4-3-8-1-2-9(17)5-11(8)18/h1-6H,7H2. The molecule has 0 saturated carbocycles. The van der Waals surface area contributed by atoms with E-state index in [2.05, 4.69) is 31.9 Å². The lowest BCUT2D eigenvalue weighted by Crippen LogP contribution is -2.09. The van der Waals surface area contributed by atoms with E-state index >= 15 is 0 Å². The van der Waals surface area contributed by atoms with Crippen LogP contribution in [0.2, 0.25) is 5.02 Å². The number of nitrogens with zero attached hydrogens (tertiary/aromatic N) is 1. The van der Waals surface area contributed by atoms with Gasteiger partial charge in [0.2, 0.25) is 0 Å². The van der Waals surface area contributed by atoms with Gasteiger partial charge >= 0.3 is 0 Å². The van der Waals surface area contributed by atoms with Crippen molar-refractivity contribution in [3.63, 3.8) is 0 Å². The third-order valence-electron chi connectivity index (χ3n) is 3.01. The van der Waals surface area contributed by atoms with Gasteiger partial charge in [-0.25, -0.2) is 0 Å². The molecule has 0 aliphatic carbocycles. The third kappa shape index (κ3) is 2.72. The largest absolute Gasteiger partial charge is 0.340 e. The molecule has 0 spiro atoms. The summed E-state index contributed by atoms with van der Waals surface area (Å²) < 4.78 is 3.71. The second-order valence-electron chi connectivity index (χ2n) is 4.31. The van der Waals surface area contributed by atoms with Crippen molar-refractivity contribution < 1.29 is 4.79 Å². The molecule has 0 bridgehead atoms. The molecule has 2 aromatic heterocycles. The fourth-order valence-electron chi connectivity index (χ4n) is 2.07. The number of hydrogen-bond acceptors (Lipinski definition) is 2. The quantitative estimate of drug-likeness (QED) is 0.481. The zero-order valence-corrected chi connectivity index (χ0v) is 14.8. The van der Waals surface area contributed by atoms with Crippen LogP contribution in [0.1, 0.15) is 10.4 Å². The van der Waals surface area contributed by atoms with Crippen LogP contribution in [0.3, 0.4) is 0 Å². The molecule has 2 nitrogen and oxygen atoms in total. The van der Waals surface area contributed by atoms with Crippen molar-refractivity contribution in [3.8, 4) is 0 Å². The van der Waals surface area contributed by atoms with Crippen molar-refractivity contribution in [3.05, 3.63) is 54.7 Å². The molecule has 0 aliphatic heterocycles. The van der Waals surface area contributed by atoms with Gasteiger partial charge in [0.15, 0.2) is 5.78 Å². The molecule has 0 aliphatic rings. The van der Waals surface area contributed by atoms with Crippen molar-refractivity contribution in [1.82, 2.24) is 4.57 Å². The maximum atomic E-state index is 12.4. The first kappa shape index (κ1) is 14.3. The van der Waals surface area contributed by atoms with Gasteiger partial charge in [-0.1, -0.05) is 17.7 Å². The summed E-state index contributed by atoms with van der Waals surface area (Å²) in [6.07, 6.45) is 1.91. The van der Waals surface area contributed by atoms with Crippen LogP contribution in [0.25, 0.3) is 10.9 Å². The van der Waals surface area contributed by atoms with Gasteiger partial charge < -0.3 is 4.57 Å². The topological polar surface area (TPSA) is 22.0 Å². The van der Waals surface area contributed by atoms with Crippen molar-refractivity contribution in [1.29, 1.82) is 0 Å². The highest BCUT2D eigenvalue weighted by molar-refractivity contribution is 9.12. The second kappa shape index (κ2) is 5.64. The molecule has 3 aromatic rings. The summed E-state index contributed by atoms with van der Waals surface area (Å²) in [5, 5.41) is 1.75. The molecule has 20 heavy (non-hydrogen) atoms. The summed E-state index contributed by atoms with van der Waals surface area (Å²) in [5.41, 5.74) is 1.67. The molecule has 0 amide bonds. The van der Waals surface area contributed by atoms with Crippen LogP contribution in [0.4, 0.5) is 0 Å². The molecule has 0 unspecified atom stereocenters. The highest BCUT2D eigenvalue weighted by atomic mass is 79.9. The Balaban J connectivity index is 1.95. The minimum absolute atomic E-state index is 0.0660. The Morgan fingerprint density at radius 2 is 2.05 bits per heavy atom. The molecule has 0 saturated heterocycles. The van der Waals surface area contributed by atoms with Gasteiger partial charge in [0.1, 0.15) is 0 Å². The Kier molecular flexibility index (Phi) is 4.04. The molecule has 3 rings (SSSR count). The van der Waals surface area contributed by atoms with Crippen molar-refractivity contribution in [2.24, 2.45) is 0 Å². The van der Waals surface area contributed by atoms with Crippen LogP contribution in [0, 0.1) is 0 Å². The summed E-state index contributed by atoms with van der Waals surface area (Å²) in [5.74, 6) is 0.0660. The number of thiophene rings is 1. The number of halogens is 3. The molecule has 1 aromatic carbocycles. The highest BCUT2D eigenvalue weighted by Gasteiger charge is 2.15. The molecule has 0 atom stereocenters. The van der Waals surface area contributed by atoms with Gasteiger partial charge in [0.25, 0.3) is 0 Å². The molecule has 0 N–H and O–H groups in total. The monoisotopic (exact) mass is 431 g/mol. The third-order valence-corrected chi connectivity index (χ3v) is 5.58. The number of rotatable bonds is 3. The van der Waals surface area contributed by atoms with Crippen LogP contribution in [0.5, 0.6) is 0 Å². The van der Waals surface area contributed by atoms with Crippen LogP contribution >= 0.6 is 54.8 Å². The lowest BCUT2D eigenvalue weighted by molar-refractivity contribution is 0.0973. The fourth-order valence-corrected chi connectivity index (χ4v) is 5.09. The van der Waals surface area contributed by atoms with E-state index in [1.54, 1.807) is 0 Å². The van der Waals surface area contributed by atoms with Gasteiger partial charge in [-0.3, -0.25) is 4.79 Å². The Labute approximate surface area is 141 Å². The van der Waals surface area contributed by atoms with E-state index in [-0.39, 0.29) is 5.78 Å². The molecular formula is C14H8Br2ClNOS. The molecule has 102 valence electrons. The van der Waals surface area contributed by atoms with Gasteiger partial charge in [0.05, 0.1) is 14.1 Å². The lowest BCUT2D eigenvalue weighted by atomic mass is 10.2. The van der Waals surface area contributed by atoms with E-state index in [9.17, 15) is 4.79 Å². The van der Waals surface area contributed by atoms with Gasteiger partial charge in [0, 0.05) is 22.3 Å². The fraction of sp³-hybridized carbons (Fsp3) is 0.0714. The molecule has 6 heteroatoms. The van der Waals surface area contributed by atoms with Gasteiger partial charge in [-0.05, 0) is 61.5 Å².